The summed E-state index contributed by atoms with van der Waals surface area (Å²) in [5.74, 6) is -6.11. The monoisotopic (exact) mass is 522 g/mol. The van der Waals surface area contributed by atoms with Crippen LogP contribution in [0.2, 0.25) is 0 Å². The lowest BCUT2D eigenvalue weighted by molar-refractivity contribution is -0.139. The molecule has 0 spiro atoms. The van der Waals surface area contributed by atoms with Crippen molar-refractivity contribution < 1.29 is 37.0 Å². The number of hydrogen-bond donors (Lipinski definition) is 2. The Hall–Kier alpha value is -3.70. The van der Waals surface area contributed by atoms with E-state index in [1.54, 1.807) is 30.5 Å². The molecule has 1 aliphatic rings. The molecule has 1 aromatic carbocycles. The predicted octanol–water partition coefficient (Wildman–Crippen LogP) is 4.83. The summed E-state index contributed by atoms with van der Waals surface area (Å²) in [5, 5.41) is 15.7. The minimum absolute atomic E-state index is 0.00939. The summed E-state index contributed by atoms with van der Waals surface area (Å²) in [4.78, 5) is 28.0. The van der Waals surface area contributed by atoms with Crippen molar-refractivity contribution in [3.05, 3.63) is 65.6 Å². The molecule has 3 unspecified atom stereocenters. The summed E-state index contributed by atoms with van der Waals surface area (Å²) >= 11 is 0. The molecule has 37 heavy (non-hydrogen) atoms. The van der Waals surface area contributed by atoms with E-state index in [-0.39, 0.29) is 36.6 Å². The van der Waals surface area contributed by atoms with Gasteiger partial charge in [0.2, 0.25) is 6.43 Å². The highest BCUT2D eigenvalue weighted by Crippen LogP contribution is 2.38. The average Bonchev–Trinajstić information content (AvgIpc) is 3.25. The minimum atomic E-state index is -3.09. The third-order valence-corrected chi connectivity index (χ3v) is 6.47. The highest BCUT2D eigenvalue weighted by Gasteiger charge is 2.45. The first-order valence-electron chi connectivity index (χ1n) is 11.8. The van der Waals surface area contributed by atoms with Gasteiger partial charge in [-0.05, 0) is 42.4 Å². The number of hydrogen-bond acceptors (Lipinski definition) is 5. The molecular weight excluding hydrogens is 496 g/mol. The Kier molecular flexibility index (Phi) is 7.94. The molecule has 0 saturated heterocycles. The number of carboxylic acid groups (broad SMARTS) is 1. The summed E-state index contributed by atoms with van der Waals surface area (Å²) < 4.78 is 61.2. The number of amides is 1. The fourth-order valence-corrected chi connectivity index (χ4v) is 4.53. The van der Waals surface area contributed by atoms with Crippen LogP contribution in [0.1, 0.15) is 48.4 Å². The molecule has 12 heteroatoms. The highest BCUT2D eigenvalue weighted by molar-refractivity contribution is 5.76. The summed E-state index contributed by atoms with van der Waals surface area (Å²) in [6.07, 6.45) is -1.63. The van der Waals surface area contributed by atoms with E-state index >= 15 is 0 Å². The number of aromatic nitrogens is 3. The Morgan fingerprint density at radius 1 is 1.24 bits per heavy atom. The molecule has 2 heterocycles. The van der Waals surface area contributed by atoms with E-state index in [2.05, 4.69) is 15.4 Å². The van der Waals surface area contributed by atoms with Gasteiger partial charge in [0.25, 0.3) is 5.92 Å². The second-order valence-corrected chi connectivity index (χ2v) is 9.21. The van der Waals surface area contributed by atoms with Crippen molar-refractivity contribution in [1.29, 1.82) is 0 Å². The molecular formula is C25H26F4N4O4. The molecule has 1 saturated carbocycles. The number of aliphatic carboxylic acids is 1. The largest absolute Gasteiger partial charge is 0.481 e. The maximum Gasteiger partial charge on any atom is 0.407 e. The van der Waals surface area contributed by atoms with E-state index in [1.165, 1.54) is 16.8 Å². The number of halogens is 4. The number of alkyl halides is 4. The molecule has 3 aromatic rings. The van der Waals surface area contributed by atoms with Crippen molar-refractivity contribution in [2.45, 2.75) is 63.0 Å². The molecule has 2 aromatic heterocycles. The summed E-state index contributed by atoms with van der Waals surface area (Å²) in [6.45, 7) is -0.0370. The Balaban J connectivity index is 1.40. The molecule has 1 amide bonds. The van der Waals surface area contributed by atoms with Crippen molar-refractivity contribution in [3.63, 3.8) is 0 Å². The molecule has 1 aliphatic carbocycles. The number of carbonyl (C=O) groups excluding carboxylic acids is 1. The standard InChI is InChI=1S/C25H26F4N4O4/c26-21(27)11-19(23(34)35)17-10-22-31-18(13-33(22)30-12-17)8-16-6-7-25(28,29)20(9-16)32-24(36)37-14-15-4-2-1-3-5-15/h1-5,10,12-13,16,19-21H,6-9,11,14H2,(H,32,36)(H,34,35). The van der Waals surface area contributed by atoms with E-state index in [9.17, 15) is 32.3 Å². The number of benzene rings is 1. The molecule has 8 nitrogen and oxygen atoms in total. The van der Waals surface area contributed by atoms with Gasteiger partial charge >= 0.3 is 12.1 Å². The van der Waals surface area contributed by atoms with Gasteiger partial charge in [0.1, 0.15) is 6.61 Å². The van der Waals surface area contributed by atoms with Crippen molar-refractivity contribution in [1.82, 2.24) is 19.9 Å². The molecule has 0 radical (unpaired) electrons. The minimum Gasteiger partial charge on any atom is -0.481 e. The van der Waals surface area contributed by atoms with Crippen LogP contribution in [0.4, 0.5) is 22.4 Å². The first-order chi connectivity index (χ1) is 17.6. The summed E-state index contributed by atoms with van der Waals surface area (Å²) in [5.41, 5.74) is 1.64. The van der Waals surface area contributed by atoms with Crippen molar-refractivity contribution in [2.75, 3.05) is 0 Å². The van der Waals surface area contributed by atoms with Gasteiger partial charge in [-0.25, -0.2) is 31.9 Å². The summed E-state index contributed by atoms with van der Waals surface area (Å²) in [6, 6.07) is 8.87. The van der Waals surface area contributed by atoms with Crippen LogP contribution >= 0.6 is 0 Å². The van der Waals surface area contributed by atoms with E-state index in [1.807, 2.05) is 6.07 Å². The van der Waals surface area contributed by atoms with Crippen molar-refractivity contribution >= 4 is 17.7 Å². The molecule has 2 N–H and O–H groups in total. The lowest BCUT2D eigenvalue weighted by Crippen LogP contribution is -2.51. The van der Waals surface area contributed by atoms with Gasteiger partial charge in [0.15, 0.2) is 5.65 Å². The van der Waals surface area contributed by atoms with E-state index < -0.39 is 49.2 Å². The number of carboxylic acids is 1. The number of carbonyl (C=O) groups is 2. The normalized spacial score (nSPS) is 20.0. The van der Waals surface area contributed by atoms with Crippen LogP contribution in [0.25, 0.3) is 5.65 Å². The SMILES string of the molecule is O=C(NC1CC(Cc2cn3ncc(C(CC(F)F)C(=O)O)cc3n2)CCC1(F)F)OCc1ccccc1. The summed E-state index contributed by atoms with van der Waals surface area (Å²) in [7, 11) is 0. The van der Waals surface area contributed by atoms with Gasteiger partial charge in [-0.3, -0.25) is 4.79 Å². The molecule has 3 atom stereocenters. The second kappa shape index (κ2) is 11.1. The van der Waals surface area contributed by atoms with E-state index in [4.69, 9.17) is 4.74 Å². The molecule has 1 fully saturated rings. The predicted molar refractivity (Wildman–Crippen MR) is 124 cm³/mol. The van der Waals surface area contributed by atoms with Gasteiger partial charge in [-0.15, -0.1) is 0 Å². The van der Waals surface area contributed by atoms with Gasteiger partial charge in [0, 0.05) is 12.8 Å². The molecule has 0 bridgehead atoms. The zero-order chi connectivity index (χ0) is 26.6. The Labute approximate surface area is 209 Å². The Morgan fingerprint density at radius 3 is 2.70 bits per heavy atom. The number of ether oxygens (including phenoxy) is 1. The quantitative estimate of drug-likeness (QED) is 0.390. The van der Waals surface area contributed by atoms with Gasteiger partial charge in [-0.1, -0.05) is 30.3 Å². The van der Waals surface area contributed by atoms with Crippen LogP contribution < -0.4 is 5.32 Å². The van der Waals surface area contributed by atoms with E-state index in [0.717, 1.165) is 5.56 Å². The van der Waals surface area contributed by atoms with Crippen LogP contribution in [-0.2, 0) is 22.6 Å². The Morgan fingerprint density at radius 2 is 2.00 bits per heavy atom. The second-order valence-electron chi connectivity index (χ2n) is 9.21. The topological polar surface area (TPSA) is 106 Å². The van der Waals surface area contributed by atoms with Crippen molar-refractivity contribution in [2.24, 2.45) is 5.92 Å². The number of nitrogens with zero attached hydrogens (tertiary/aromatic N) is 3. The third-order valence-electron chi connectivity index (χ3n) is 6.47. The molecule has 0 aliphatic heterocycles. The van der Waals surface area contributed by atoms with Gasteiger partial charge in [0.05, 0.1) is 30.0 Å². The fourth-order valence-electron chi connectivity index (χ4n) is 4.53. The van der Waals surface area contributed by atoms with Crippen LogP contribution in [0.15, 0.2) is 48.8 Å². The molecule has 198 valence electrons. The average molecular weight is 522 g/mol. The third kappa shape index (κ3) is 6.75. The van der Waals surface area contributed by atoms with Gasteiger partial charge in [-0.2, -0.15) is 5.10 Å². The smallest absolute Gasteiger partial charge is 0.407 e. The number of fused-ring (bicyclic) bond motifs is 1. The Bertz CT molecular complexity index is 1240. The van der Waals surface area contributed by atoms with Crippen LogP contribution in [0.3, 0.4) is 0 Å². The number of nitrogens with one attached hydrogen (secondary N) is 1. The van der Waals surface area contributed by atoms with Gasteiger partial charge < -0.3 is 15.2 Å². The zero-order valence-corrected chi connectivity index (χ0v) is 19.7. The van der Waals surface area contributed by atoms with Crippen LogP contribution in [0, 0.1) is 5.92 Å². The lowest BCUT2D eigenvalue weighted by Gasteiger charge is -2.35. The maximum atomic E-state index is 14.5. The zero-order valence-electron chi connectivity index (χ0n) is 19.7. The van der Waals surface area contributed by atoms with Crippen LogP contribution in [-0.4, -0.2) is 50.2 Å². The number of rotatable bonds is 9. The molecule has 4 rings (SSSR count). The maximum absolute atomic E-state index is 14.5. The van der Waals surface area contributed by atoms with E-state index in [0.29, 0.717) is 12.1 Å². The first kappa shape index (κ1) is 26.4. The number of imidazole rings is 1. The fraction of sp³-hybridized carbons (Fsp3) is 0.440. The highest BCUT2D eigenvalue weighted by atomic mass is 19.3. The number of alkyl carbamates (subject to hydrolysis) is 1. The van der Waals surface area contributed by atoms with Crippen molar-refractivity contribution in [3.8, 4) is 0 Å². The van der Waals surface area contributed by atoms with Crippen LogP contribution in [0.5, 0.6) is 0 Å². The lowest BCUT2D eigenvalue weighted by atomic mass is 9.81. The first-order valence-corrected chi connectivity index (χ1v) is 11.8.